The minimum absolute atomic E-state index is 0.115. The van der Waals surface area contributed by atoms with E-state index in [0.29, 0.717) is 5.75 Å². The topological polar surface area (TPSA) is 117 Å². The second-order valence-electron chi connectivity index (χ2n) is 5.41. The van der Waals surface area contributed by atoms with Crippen LogP contribution in [-0.4, -0.2) is 37.1 Å². The Morgan fingerprint density at radius 1 is 1.11 bits per heavy atom. The van der Waals surface area contributed by atoms with Crippen LogP contribution < -0.4 is 14.8 Å². The lowest BCUT2D eigenvalue weighted by Crippen LogP contribution is -2.30. The summed E-state index contributed by atoms with van der Waals surface area (Å²) >= 11 is 0. The third-order valence-corrected chi connectivity index (χ3v) is 3.61. The molecule has 2 rings (SSSR count). The summed E-state index contributed by atoms with van der Waals surface area (Å²) in [6.45, 7) is 1.41. The molecule has 0 aromatic heterocycles. The number of nitrogens with one attached hydrogen (secondary N) is 1. The summed E-state index contributed by atoms with van der Waals surface area (Å²) in [6.07, 6.45) is -1.11. The Balaban J connectivity index is 2.07. The van der Waals surface area contributed by atoms with E-state index < -0.39 is 22.9 Å². The molecule has 1 amide bonds. The van der Waals surface area contributed by atoms with Crippen LogP contribution in [0.25, 0.3) is 0 Å². The standard InChI is InChI=1S/C18H18N2O7/c1-11(27-18(22)12-5-4-6-14(9-12)25-2)17(21)19-15-8-7-13(20(23)24)10-16(15)26-3/h4-11H,1-3H3,(H,19,21)/t11-/m1/s1. The molecule has 0 aliphatic carbocycles. The van der Waals surface area contributed by atoms with Gasteiger partial charge in [-0.25, -0.2) is 4.79 Å². The molecule has 1 N–H and O–H groups in total. The summed E-state index contributed by atoms with van der Waals surface area (Å²) in [6, 6.07) is 10.1. The number of esters is 1. The summed E-state index contributed by atoms with van der Waals surface area (Å²) in [7, 11) is 2.79. The van der Waals surface area contributed by atoms with Crippen molar-refractivity contribution < 1.29 is 28.7 Å². The highest BCUT2D eigenvalue weighted by Crippen LogP contribution is 2.29. The maximum absolute atomic E-state index is 12.3. The fourth-order valence-corrected chi connectivity index (χ4v) is 2.16. The van der Waals surface area contributed by atoms with E-state index in [0.717, 1.165) is 0 Å². The molecule has 9 nitrogen and oxygen atoms in total. The van der Waals surface area contributed by atoms with E-state index in [-0.39, 0.29) is 22.7 Å². The average molecular weight is 374 g/mol. The third kappa shape index (κ3) is 4.94. The number of hydrogen-bond acceptors (Lipinski definition) is 7. The highest BCUT2D eigenvalue weighted by molar-refractivity contribution is 5.98. The van der Waals surface area contributed by atoms with E-state index in [1.54, 1.807) is 12.1 Å². The third-order valence-electron chi connectivity index (χ3n) is 3.61. The Morgan fingerprint density at radius 3 is 2.48 bits per heavy atom. The number of nitro benzene ring substituents is 1. The average Bonchev–Trinajstić information content (AvgIpc) is 2.67. The van der Waals surface area contributed by atoms with E-state index in [2.05, 4.69) is 5.32 Å². The van der Waals surface area contributed by atoms with Gasteiger partial charge in [-0.3, -0.25) is 14.9 Å². The van der Waals surface area contributed by atoms with Gasteiger partial charge in [0.1, 0.15) is 11.5 Å². The van der Waals surface area contributed by atoms with Crippen molar-refractivity contribution in [2.45, 2.75) is 13.0 Å². The van der Waals surface area contributed by atoms with Gasteiger partial charge in [0.2, 0.25) is 0 Å². The molecule has 2 aromatic carbocycles. The van der Waals surface area contributed by atoms with Gasteiger partial charge in [-0.2, -0.15) is 0 Å². The molecule has 0 saturated heterocycles. The second-order valence-corrected chi connectivity index (χ2v) is 5.41. The molecule has 0 bridgehead atoms. The molecular weight excluding hydrogens is 356 g/mol. The van der Waals surface area contributed by atoms with Crippen LogP contribution in [0, 0.1) is 10.1 Å². The van der Waals surface area contributed by atoms with Gasteiger partial charge in [0, 0.05) is 6.07 Å². The van der Waals surface area contributed by atoms with Crippen LogP contribution in [0.5, 0.6) is 11.5 Å². The maximum Gasteiger partial charge on any atom is 0.339 e. The van der Waals surface area contributed by atoms with Gasteiger partial charge in [0.05, 0.1) is 36.5 Å². The van der Waals surface area contributed by atoms with Crippen molar-refractivity contribution in [3.8, 4) is 11.5 Å². The van der Waals surface area contributed by atoms with Crippen LogP contribution in [-0.2, 0) is 9.53 Å². The van der Waals surface area contributed by atoms with Gasteiger partial charge in [-0.05, 0) is 31.2 Å². The lowest BCUT2D eigenvalue weighted by Gasteiger charge is -2.15. The van der Waals surface area contributed by atoms with E-state index in [1.165, 1.54) is 51.5 Å². The predicted octanol–water partition coefficient (Wildman–Crippen LogP) is 2.80. The van der Waals surface area contributed by atoms with E-state index in [4.69, 9.17) is 14.2 Å². The minimum Gasteiger partial charge on any atom is -0.497 e. The molecule has 0 fully saturated rings. The first kappa shape index (κ1) is 19.7. The Labute approximate surface area is 155 Å². The fraction of sp³-hybridized carbons (Fsp3) is 0.222. The van der Waals surface area contributed by atoms with Crippen LogP contribution in [0.15, 0.2) is 42.5 Å². The van der Waals surface area contributed by atoms with Crippen molar-refractivity contribution in [3.05, 3.63) is 58.1 Å². The number of anilines is 1. The smallest absolute Gasteiger partial charge is 0.339 e. The quantitative estimate of drug-likeness (QED) is 0.450. The molecule has 9 heteroatoms. The monoisotopic (exact) mass is 374 g/mol. The zero-order valence-corrected chi connectivity index (χ0v) is 14.9. The van der Waals surface area contributed by atoms with Crippen LogP contribution in [0.4, 0.5) is 11.4 Å². The van der Waals surface area contributed by atoms with E-state index in [1.807, 2.05) is 0 Å². The summed E-state index contributed by atoms with van der Waals surface area (Å²) < 4.78 is 15.2. The highest BCUT2D eigenvalue weighted by atomic mass is 16.6. The number of carbonyl (C=O) groups excluding carboxylic acids is 2. The Morgan fingerprint density at radius 2 is 1.85 bits per heavy atom. The number of carbonyl (C=O) groups is 2. The van der Waals surface area contributed by atoms with Gasteiger partial charge in [0.15, 0.2) is 6.10 Å². The van der Waals surface area contributed by atoms with Crippen LogP contribution in [0.3, 0.4) is 0 Å². The Bertz CT molecular complexity index is 867. The van der Waals surface area contributed by atoms with Crippen LogP contribution >= 0.6 is 0 Å². The second kappa shape index (κ2) is 8.65. The first-order valence-corrected chi connectivity index (χ1v) is 7.84. The van der Waals surface area contributed by atoms with E-state index in [9.17, 15) is 19.7 Å². The lowest BCUT2D eigenvalue weighted by atomic mass is 10.2. The molecule has 0 spiro atoms. The molecule has 0 radical (unpaired) electrons. The van der Waals surface area contributed by atoms with Crippen molar-refractivity contribution in [2.24, 2.45) is 0 Å². The van der Waals surface area contributed by atoms with Gasteiger partial charge in [-0.1, -0.05) is 6.07 Å². The van der Waals surface area contributed by atoms with Crippen molar-refractivity contribution in [2.75, 3.05) is 19.5 Å². The SMILES string of the molecule is COc1cccc(C(=O)O[C@H](C)C(=O)Nc2ccc([N+](=O)[O-])cc2OC)c1. The van der Waals surface area contributed by atoms with E-state index >= 15 is 0 Å². The number of non-ortho nitro benzene ring substituents is 1. The predicted molar refractivity (Wildman–Crippen MR) is 96.1 cm³/mol. The molecule has 0 aliphatic rings. The Hall–Kier alpha value is -3.62. The molecule has 0 unspecified atom stereocenters. The number of methoxy groups -OCH3 is 2. The minimum atomic E-state index is -1.11. The zero-order valence-electron chi connectivity index (χ0n) is 14.9. The van der Waals surface area contributed by atoms with Gasteiger partial charge < -0.3 is 19.5 Å². The molecule has 27 heavy (non-hydrogen) atoms. The number of nitro groups is 1. The molecule has 0 saturated carbocycles. The van der Waals surface area contributed by atoms with Gasteiger partial charge in [0.25, 0.3) is 11.6 Å². The fourth-order valence-electron chi connectivity index (χ4n) is 2.16. The maximum atomic E-state index is 12.3. The summed E-state index contributed by atoms with van der Waals surface area (Å²) in [4.78, 5) is 34.7. The number of rotatable bonds is 7. The van der Waals surface area contributed by atoms with Gasteiger partial charge >= 0.3 is 5.97 Å². The summed E-state index contributed by atoms with van der Waals surface area (Å²) in [5, 5.41) is 13.3. The van der Waals surface area contributed by atoms with Crippen molar-refractivity contribution in [3.63, 3.8) is 0 Å². The van der Waals surface area contributed by atoms with Gasteiger partial charge in [-0.15, -0.1) is 0 Å². The normalized spacial score (nSPS) is 11.2. The van der Waals surface area contributed by atoms with Crippen molar-refractivity contribution in [1.29, 1.82) is 0 Å². The summed E-state index contributed by atoms with van der Waals surface area (Å²) in [5.41, 5.74) is 0.279. The highest BCUT2D eigenvalue weighted by Gasteiger charge is 2.21. The van der Waals surface area contributed by atoms with Crippen LogP contribution in [0.1, 0.15) is 17.3 Å². The van der Waals surface area contributed by atoms with Crippen LogP contribution in [0.2, 0.25) is 0 Å². The Kier molecular flexibility index (Phi) is 6.32. The molecule has 0 heterocycles. The number of amides is 1. The number of hydrogen-bond donors (Lipinski definition) is 1. The largest absolute Gasteiger partial charge is 0.497 e. The molecule has 0 aliphatic heterocycles. The molecule has 1 atom stereocenters. The zero-order chi connectivity index (χ0) is 20.0. The number of benzene rings is 2. The lowest BCUT2D eigenvalue weighted by molar-refractivity contribution is -0.384. The van der Waals surface area contributed by atoms with Crippen molar-refractivity contribution in [1.82, 2.24) is 0 Å². The van der Waals surface area contributed by atoms with Crippen molar-refractivity contribution >= 4 is 23.3 Å². The molecular formula is C18H18N2O7. The number of ether oxygens (including phenoxy) is 3. The summed E-state index contributed by atoms with van der Waals surface area (Å²) in [5.74, 6) is -0.702. The first-order valence-electron chi connectivity index (χ1n) is 7.84. The first-order chi connectivity index (χ1) is 12.8. The molecule has 142 valence electrons. The number of nitrogens with zero attached hydrogens (tertiary/aromatic N) is 1. The molecule has 2 aromatic rings.